The van der Waals surface area contributed by atoms with Gasteiger partial charge >= 0.3 is 0 Å². The molecule has 1 N–H and O–H groups in total. The lowest BCUT2D eigenvalue weighted by Gasteiger charge is -2.25. The number of hydrogen-bond acceptors (Lipinski definition) is 3. The van der Waals surface area contributed by atoms with Crippen molar-refractivity contribution in [1.29, 1.82) is 0 Å². The van der Waals surface area contributed by atoms with Gasteiger partial charge in [0.2, 0.25) is 0 Å². The van der Waals surface area contributed by atoms with Crippen molar-refractivity contribution in [1.82, 2.24) is 4.90 Å². The second-order valence-corrected chi connectivity index (χ2v) is 6.44. The van der Waals surface area contributed by atoms with Crippen molar-refractivity contribution in [3.05, 3.63) is 71.8 Å². The fourth-order valence-electron chi connectivity index (χ4n) is 2.96. The third-order valence-electron chi connectivity index (χ3n) is 4.40. The van der Waals surface area contributed by atoms with Crippen LogP contribution in [-0.4, -0.2) is 42.4 Å². The summed E-state index contributed by atoms with van der Waals surface area (Å²) in [6, 6.07) is 20.4. The molecule has 0 amide bonds. The van der Waals surface area contributed by atoms with Gasteiger partial charge in [-0.05, 0) is 30.6 Å². The van der Waals surface area contributed by atoms with E-state index in [1.54, 1.807) is 0 Å². The molecule has 0 bridgehead atoms. The van der Waals surface area contributed by atoms with Gasteiger partial charge in [-0.3, -0.25) is 0 Å². The zero-order valence-corrected chi connectivity index (χ0v) is 15.5. The Kier molecular flexibility index (Phi) is 8.67. The van der Waals surface area contributed by atoms with E-state index in [1.807, 2.05) is 36.4 Å². The monoisotopic (exact) mass is 341 g/mol. The number of aliphatic hydroxyl groups excluding tert-OH is 1. The lowest BCUT2D eigenvalue weighted by Crippen LogP contribution is -2.35. The smallest absolute Gasteiger partial charge is 0.108 e. The Labute approximate surface area is 152 Å². The molecule has 25 heavy (non-hydrogen) atoms. The second kappa shape index (κ2) is 11.0. The topological polar surface area (TPSA) is 32.7 Å². The molecule has 3 heteroatoms. The van der Waals surface area contributed by atoms with Crippen LogP contribution in [-0.2, 0) is 4.74 Å². The molecule has 1 atom stereocenters. The number of benzene rings is 2. The first-order valence-electron chi connectivity index (χ1n) is 9.36. The first-order valence-corrected chi connectivity index (χ1v) is 9.36. The molecule has 0 fully saturated rings. The molecule has 136 valence electrons. The van der Waals surface area contributed by atoms with Crippen LogP contribution in [0.2, 0.25) is 0 Å². The van der Waals surface area contributed by atoms with E-state index in [4.69, 9.17) is 4.74 Å². The molecule has 0 radical (unpaired) electrons. The molecule has 0 heterocycles. The van der Waals surface area contributed by atoms with E-state index in [1.165, 1.54) is 6.42 Å². The van der Waals surface area contributed by atoms with Gasteiger partial charge in [0.25, 0.3) is 0 Å². The molecule has 2 aromatic carbocycles. The summed E-state index contributed by atoms with van der Waals surface area (Å²) < 4.78 is 6.15. The summed E-state index contributed by atoms with van der Waals surface area (Å²) >= 11 is 0. The fraction of sp³-hybridized carbons (Fsp3) is 0.455. The maximum atomic E-state index is 10.4. The Morgan fingerprint density at radius 3 is 1.96 bits per heavy atom. The normalized spacial score (nSPS) is 12.7. The number of rotatable bonds is 11. The molecule has 0 aliphatic heterocycles. The SMILES string of the molecule is CCCCN(CC)C[C@H](O)COC(c1ccccc1)c1ccccc1. The van der Waals surface area contributed by atoms with Gasteiger partial charge in [0, 0.05) is 6.54 Å². The molecular weight excluding hydrogens is 310 g/mol. The lowest BCUT2D eigenvalue weighted by molar-refractivity contribution is -0.00792. The van der Waals surface area contributed by atoms with Crippen molar-refractivity contribution in [3.63, 3.8) is 0 Å². The maximum absolute atomic E-state index is 10.4. The zero-order chi connectivity index (χ0) is 17.9. The Balaban J connectivity index is 1.98. The summed E-state index contributed by atoms with van der Waals surface area (Å²) in [6.07, 6.45) is 1.71. The van der Waals surface area contributed by atoms with E-state index >= 15 is 0 Å². The van der Waals surface area contributed by atoms with E-state index in [2.05, 4.69) is 43.0 Å². The van der Waals surface area contributed by atoms with Gasteiger partial charge in [0.15, 0.2) is 0 Å². The van der Waals surface area contributed by atoms with Crippen LogP contribution in [0.5, 0.6) is 0 Å². The Hall–Kier alpha value is -1.68. The molecule has 0 aromatic heterocycles. The van der Waals surface area contributed by atoms with Crippen LogP contribution < -0.4 is 0 Å². The molecule has 0 aliphatic carbocycles. The predicted octanol–water partition coefficient (Wildman–Crippen LogP) is 4.28. The fourth-order valence-corrected chi connectivity index (χ4v) is 2.96. The summed E-state index contributed by atoms with van der Waals surface area (Å²) in [7, 11) is 0. The molecule has 2 rings (SSSR count). The molecule has 0 unspecified atom stereocenters. The Morgan fingerprint density at radius 1 is 0.920 bits per heavy atom. The first-order chi connectivity index (χ1) is 12.2. The van der Waals surface area contributed by atoms with E-state index in [0.717, 1.165) is 30.6 Å². The number of ether oxygens (including phenoxy) is 1. The quantitative estimate of drug-likeness (QED) is 0.662. The van der Waals surface area contributed by atoms with Crippen molar-refractivity contribution in [2.45, 2.75) is 38.9 Å². The van der Waals surface area contributed by atoms with Gasteiger partial charge < -0.3 is 14.7 Å². The number of nitrogens with zero attached hydrogens (tertiary/aromatic N) is 1. The third kappa shape index (κ3) is 6.62. The van der Waals surface area contributed by atoms with Crippen molar-refractivity contribution >= 4 is 0 Å². The van der Waals surface area contributed by atoms with Gasteiger partial charge in [-0.25, -0.2) is 0 Å². The first kappa shape index (κ1) is 19.6. The van der Waals surface area contributed by atoms with Gasteiger partial charge in [-0.2, -0.15) is 0 Å². The number of aliphatic hydroxyl groups is 1. The van der Waals surface area contributed by atoms with Gasteiger partial charge in [-0.15, -0.1) is 0 Å². The highest BCUT2D eigenvalue weighted by Gasteiger charge is 2.17. The molecule has 0 spiro atoms. The average molecular weight is 341 g/mol. The average Bonchev–Trinajstić information content (AvgIpc) is 2.67. The van der Waals surface area contributed by atoms with Crippen molar-refractivity contribution < 1.29 is 9.84 Å². The van der Waals surface area contributed by atoms with Crippen molar-refractivity contribution in [3.8, 4) is 0 Å². The Morgan fingerprint density at radius 2 is 1.48 bits per heavy atom. The summed E-state index contributed by atoms with van der Waals surface area (Å²) in [6.45, 7) is 7.31. The summed E-state index contributed by atoms with van der Waals surface area (Å²) in [5.74, 6) is 0. The summed E-state index contributed by atoms with van der Waals surface area (Å²) in [5.41, 5.74) is 2.22. The number of unbranched alkanes of at least 4 members (excludes halogenated alkanes) is 1. The number of hydrogen-bond donors (Lipinski definition) is 1. The highest BCUT2D eigenvalue weighted by Crippen LogP contribution is 2.25. The highest BCUT2D eigenvalue weighted by atomic mass is 16.5. The lowest BCUT2D eigenvalue weighted by atomic mass is 10.0. The molecule has 2 aromatic rings. The molecule has 0 saturated carbocycles. The van der Waals surface area contributed by atoms with Crippen LogP contribution in [0.15, 0.2) is 60.7 Å². The minimum absolute atomic E-state index is 0.150. The van der Waals surface area contributed by atoms with Crippen LogP contribution in [0.25, 0.3) is 0 Å². The zero-order valence-electron chi connectivity index (χ0n) is 15.5. The predicted molar refractivity (Wildman–Crippen MR) is 104 cm³/mol. The minimum atomic E-state index is -0.480. The second-order valence-electron chi connectivity index (χ2n) is 6.44. The van der Waals surface area contributed by atoms with E-state index < -0.39 is 6.10 Å². The Bertz CT molecular complexity index is 534. The maximum Gasteiger partial charge on any atom is 0.108 e. The van der Waals surface area contributed by atoms with Crippen LogP contribution in [0.3, 0.4) is 0 Å². The molecule has 0 aliphatic rings. The minimum Gasteiger partial charge on any atom is -0.389 e. The van der Waals surface area contributed by atoms with Gasteiger partial charge in [-0.1, -0.05) is 80.9 Å². The third-order valence-corrected chi connectivity index (χ3v) is 4.40. The van der Waals surface area contributed by atoms with Crippen LogP contribution >= 0.6 is 0 Å². The van der Waals surface area contributed by atoms with Crippen LogP contribution in [0.4, 0.5) is 0 Å². The van der Waals surface area contributed by atoms with Crippen molar-refractivity contribution in [2.24, 2.45) is 0 Å². The highest BCUT2D eigenvalue weighted by molar-refractivity contribution is 5.29. The van der Waals surface area contributed by atoms with E-state index in [9.17, 15) is 5.11 Å². The summed E-state index contributed by atoms with van der Waals surface area (Å²) in [5, 5.41) is 10.4. The van der Waals surface area contributed by atoms with E-state index in [-0.39, 0.29) is 6.10 Å². The summed E-state index contributed by atoms with van der Waals surface area (Å²) in [4.78, 5) is 2.29. The van der Waals surface area contributed by atoms with E-state index in [0.29, 0.717) is 13.2 Å². The molecule has 3 nitrogen and oxygen atoms in total. The van der Waals surface area contributed by atoms with Gasteiger partial charge in [0.05, 0.1) is 12.7 Å². The number of likely N-dealkylation sites (N-methyl/N-ethyl adjacent to an activating group) is 1. The standard InChI is InChI=1S/C22H31NO2/c1-3-5-16-23(4-2)17-21(24)18-25-22(19-12-8-6-9-13-19)20-14-10-7-11-15-20/h6-15,21-22,24H,3-5,16-18H2,1-2H3/t21-/m0/s1. The molecule has 0 saturated heterocycles. The van der Waals surface area contributed by atoms with Crippen LogP contribution in [0, 0.1) is 0 Å². The molecular formula is C22H31NO2. The largest absolute Gasteiger partial charge is 0.389 e. The van der Waals surface area contributed by atoms with Crippen LogP contribution in [0.1, 0.15) is 43.9 Å². The van der Waals surface area contributed by atoms with Gasteiger partial charge in [0.1, 0.15) is 6.10 Å². The van der Waals surface area contributed by atoms with Crippen molar-refractivity contribution in [2.75, 3.05) is 26.2 Å².